The molecule has 1 aliphatic rings. The molecule has 2 aromatic rings. The highest BCUT2D eigenvalue weighted by Gasteiger charge is 2.06. The maximum atomic E-state index is 2.34. The first-order valence-corrected chi connectivity index (χ1v) is 7.87. The molecule has 0 aromatic heterocycles. The number of hydrogen-bond donors (Lipinski definition) is 0. The van der Waals surface area contributed by atoms with E-state index in [0.29, 0.717) is 5.92 Å². The normalized spacial score (nSPS) is 16.7. The zero-order chi connectivity index (χ0) is 15.1. The average Bonchev–Trinajstić information content (AvgIpc) is 2.58. The van der Waals surface area contributed by atoms with Gasteiger partial charge in [0.05, 0.1) is 0 Å². The summed E-state index contributed by atoms with van der Waals surface area (Å²) in [4.78, 5) is 0. The molecular formula is C21H24. The molecule has 1 unspecified atom stereocenters. The van der Waals surface area contributed by atoms with Gasteiger partial charge in [-0.05, 0) is 40.7 Å². The Bertz CT molecular complexity index is 617. The molecule has 0 radical (unpaired) electrons. The number of allylic oxidation sites excluding steroid dienone is 4. The Morgan fingerprint density at radius 1 is 0.810 bits per heavy atom. The summed E-state index contributed by atoms with van der Waals surface area (Å²) < 4.78 is 0. The average molecular weight is 276 g/mol. The minimum atomic E-state index is 0.668. The van der Waals surface area contributed by atoms with E-state index in [1.54, 1.807) is 0 Å². The topological polar surface area (TPSA) is 0 Å². The van der Waals surface area contributed by atoms with Crippen LogP contribution in [0.15, 0.2) is 72.8 Å². The lowest BCUT2D eigenvalue weighted by molar-refractivity contribution is 0.739. The van der Waals surface area contributed by atoms with Crippen molar-refractivity contribution in [2.45, 2.75) is 27.2 Å². The molecule has 0 spiro atoms. The number of rotatable bonds is 2. The second-order valence-electron chi connectivity index (χ2n) is 5.18. The second-order valence-corrected chi connectivity index (χ2v) is 5.18. The zero-order valence-corrected chi connectivity index (χ0v) is 13.2. The van der Waals surface area contributed by atoms with Gasteiger partial charge in [0.1, 0.15) is 0 Å². The summed E-state index contributed by atoms with van der Waals surface area (Å²) >= 11 is 0. The first-order chi connectivity index (χ1) is 10.3. The van der Waals surface area contributed by atoms with E-state index in [2.05, 4.69) is 79.7 Å². The smallest absolute Gasteiger partial charge is 0.0178 e. The van der Waals surface area contributed by atoms with Crippen molar-refractivity contribution in [3.63, 3.8) is 0 Å². The fraction of sp³-hybridized carbons (Fsp3) is 0.238. The Kier molecular flexibility index (Phi) is 5.57. The molecule has 0 nitrogen and oxygen atoms in total. The molecule has 0 aliphatic heterocycles. The molecule has 0 saturated carbocycles. The zero-order valence-electron chi connectivity index (χ0n) is 13.2. The van der Waals surface area contributed by atoms with E-state index in [1.165, 1.54) is 22.3 Å². The van der Waals surface area contributed by atoms with Crippen molar-refractivity contribution in [2.75, 3.05) is 0 Å². The van der Waals surface area contributed by atoms with E-state index < -0.39 is 0 Å². The van der Waals surface area contributed by atoms with Gasteiger partial charge in [0.25, 0.3) is 0 Å². The summed E-state index contributed by atoms with van der Waals surface area (Å²) in [5, 5.41) is 0. The molecule has 0 amide bonds. The molecule has 1 atom stereocenters. The molecule has 2 aromatic carbocycles. The molecule has 21 heavy (non-hydrogen) atoms. The third-order valence-electron chi connectivity index (χ3n) is 3.62. The third-order valence-corrected chi connectivity index (χ3v) is 3.62. The molecule has 0 saturated heterocycles. The van der Waals surface area contributed by atoms with Crippen LogP contribution in [0.25, 0.3) is 16.7 Å². The molecule has 0 bridgehead atoms. The minimum absolute atomic E-state index is 0.668. The van der Waals surface area contributed by atoms with Crippen LogP contribution in [0.2, 0.25) is 0 Å². The number of hydrogen-bond acceptors (Lipinski definition) is 0. The van der Waals surface area contributed by atoms with Crippen LogP contribution in [0.4, 0.5) is 0 Å². The Hall–Kier alpha value is -2.08. The minimum Gasteiger partial charge on any atom is -0.0808 e. The van der Waals surface area contributed by atoms with Gasteiger partial charge in [0.2, 0.25) is 0 Å². The Labute approximate surface area is 128 Å². The van der Waals surface area contributed by atoms with E-state index in [0.717, 1.165) is 6.42 Å². The lowest BCUT2D eigenvalue weighted by Crippen LogP contribution is -1.94. The van der Waals surface area contributed by atoms with Crippen molar-refractivity contribution in [2.24, 2.45) is 5.92 Å². The summed E-state index contributed by atoms with van der Waals surface area (Å²) in [6, 6.07) is 19.3. The lowest BCUT2D eigenvalue weighted by Gasteiger charge is -2.13. The molecular weight excluding hydrogens is 252 g/mol. The van der Waals surface area contributed by atoms with E-state index in [9.17, 15) is 0 Å². The maximum Gasteiger partial charge on any atom is -0.0178 e. The van der Waals surface area contributed by atoms with Crippen LogP contribution in [0, 0.1) is 5.92 Å². The fourth-order valence-electron chi connectivity index (χ4n) is 2.45. The predicted molar refractivity (Wildman–Crippen MR) is 94.1 cm³/mol. The van der Waals surface area contributed by atoms with E-state index in [4.69, 9.17) is 0 Å². The van der Waals surface area contributed by atoms with Crippen molar-refractivity contribution in [1.29, 1.82) is 0 Å². The van der Waals surface area contributed by atoms with Crippen LogP contribution in [0.3, 0.4) is 0 Å². The summed E-state index contributed by atoms with van der Waals surface area (Å²) in [5.41, 5.74) is 5.21. The fourth-order valence-corrected chi connectivity index (χ4v) is 2.45. The van der Waals surface area contributed by atoms with Gasteiger partial charge in [0, 0.05) is 0 Å². The van der Waals surface area contributed by atoms with Gasteiger partial charge in [0.15, 0.2) is 0 Å². The molecule has 0 N–H and O–H groups in total. The van der Waals surface area contributed by atoms with Gasteiger partial charge >= 0.3 is 0 Å². The quantitative estimate of drug-likeness (QED) is 0.598. The van der Waals surface area contributed by atoms with Crippen LogP contribution in [0.5, 0.6) is 0 Å². The molecule has 1 aliphatic carbocycles. The highest BCUT2D eigenvalue weighted by molar-refractivity contribution is 5.78. The molecule has 108 valence electrons. The summed E-state index contributed by atoms with van der Waals surface area (Å²) in [7, 11) is 0. The van der Waals surface area contributed by atoms with Crippen LogP contribution >= 0.6 is 0 Å². The van der Waals surface area contributed by atoms with Crippen LogP contribution in [-0.2, 0) is 0 Å². The summed E-state index contributed by atoms with van der Waals surface area (Å²) in [5.74, 6) is 0.668. The number of benzene rings is 2. The SMILES string of the molecule is CC.CC1C=CC(c2cccc(-c3ccccc3)c2)=CC1. The van der Waals surface area contributed by atoms with E-state index in [-0.39, 0.29) is 0 Å². The van der Waals surface area contributed by atoms with Crippen LogP contribution < -0.4 is 0 Å². The standard InChI is InChI=1S/C19H18.C2H6/c1-15-10-12-17(13-11-15)19-9-5-8-18(14-19)16-6-3-2-4-7-16;1-2/h2-10,12-15H,11H2,1H3;1-2H3. The summed E-state index contributed by atoms with van der Waals surface area (Å²) in [6.45, 7) is 6.25. The Morgan fingerprint density at radius 2 is 1.48 bits per heavy atom. The Morgan fingerprint density at radius 3 is 2.14 bits per heavy atom. The first-order valence-electron chi connectivity index (χ1n) is 7.87. The second kappa shape index (κ2) is 7.64. The third kappa shape index (κ3) is 3.95. The maximum absolute atomic E-state index is 2.34. The molecule has 3 rings (SSSR count). The van der Waals surface area contributed by atoms with Crippen LogP contribution in [-0.4, -0.2) is 0 Å². The van der Waals surface area contributed by atoms with Gasteiger partial charge < -0.3 is 0 Å². The molecule has 0 heteroatoms. The van der Waals surface area contributed by atoms with Gasteiger partial charge in [-0.15, -0.1) is 0 Å². The van der Waals surface area contributed by atoms with Gasteiger partial charge in [-0.2, -0.15) is 0 Å². The first kappa shape index (κ1) is 15.3. The van der Waals surface area contributed by atoms with E-state index >= 15 is 0 Å². The van der Waals surface area contributed by atoms with Gasteiger partial charge in [-0.25, -0.2) is 0 Å². The summed E-state index contributed by atoms with van der Waals surface area (Å²) in [6.07, 6.45) is 8.03. The van der Waals surface area contributed by atoms with Crippen LogP contribution in [0.1, 0.15) is 32.8 Å². The molecule has 0 fully saturated rings. The van der Waals surface area contributed by atoms with Crippen molar-refractivity contribution >= 4 is 5.57 Å². The van der Waals surface area contributed by atoms with Crippen molar-refractivity contribution in [3.8, 4) is 11.1 Å². The van der Waals surface area contributed by atoms with Gasteiger partial charge in [-0.1, -0.05) is 87.5 Å². The largest absolute Gasteiger partial charge is 0.0808 e. The van der Waals surface area contributed by atoms with Crippen molar-refractivity contribution < 1.29 is 0 Å². The predicted octanol–water partition coefficient (Wildman–Crippen LogP) is 6.36. The van der Waals surface area contributed by atoms with E-state index in [1.807, 2.05) is 13.8 Å². The monoisotopic (exact) mass is 276 g/mol. The lowest BCUT2D eigenvalue weighted by atomic mass is 9.92. The van der Waals surface area contributed by atoms with Gasteiger partial charge in [-0.3, -0.25) is 0 Å². The highest BCUT2D eigenvalue weighted by atomic mass is 14.1. The molecule has 0 heterocycles. The van der Waals surface area contributed by atoms with Crippen molar-refractivity contribution in [3.05, 3.63) is 78.4 Å². The Balaban J connectivity index is 0.000000774. The van der Waals surface area contributed by atoms with Crippen molar-refractivity contribution in [1.82, 2.24) is 0 Å². The highest BCUT2D eigenvalue weighted by Crippen LogP contribution is 2.27.